The fourth-order valence-corrected chi connectivity index (χ4v) is 3.17. The van der Waals surface area contributed by atoms with E-state index in [9.17, 15) is 9.59 Å². The number of amides is 1. The lowest BCUT2D eigenvalue weighted by molar-refractivity contribution is -0.127. The van der Waals surface area contributed by atoms with Crippen LogP contribution in [-0.2, 0) is 16.0 Å². The first-order chi connectivity index (χ1) is 13.5. The summed E-state index contributed by atoms with van der Waals surface area (Å²) in [4.78, 5) is 34.0. The highest BCUT2D eigenvalue weighted by molar-refractivity contribution is 5.92. The topological polar surface area (TPSA) is 87.2 Å². The van der Waals surface area contributed by atoms with Crippen molar-refractivity contribution in [3.05, 3.63) is 54.2 Å². The van der Waals surface area contributed by atoms with Crippen LogP contribution in [0.3, 0.4) is 0 Å². The number of aryl methyl sites for hydroxylation is 1. The van der Waals surface area contributed by atoms with Gasteiger partial charge in [-0.25, -0.2) is 4.98 Å². The van der Waals surface area contributed by atoms with E-state index in [2.05, 4.69) is 27.2 Å². The molecular formula is C21H25N5O2. The Bertz CT molecular complexity index is 896. The number of hydrogen-bond donors (Lipinski definition) is 2. The zero-order valence-electron chi connectivity index (χ0n) is 16.2. The molecule has 1 amide bonds. The summed E-state index contributed by atoms with van der Waals surface area (Å²) in [5.74, 6) is 1.25. The Morgan fingerprint density at radius 1 is 1.36 bits per heavy atom. The summed E-state index contributed by atoms with van der Waals surface area (Å²) in [6.45, 7) is 8.45. The molecule has 7 heteroatoms. The van der Waals surface area contributed by atoms with E-state index in [0.29, 0.717) is 18.3 Å². The van der Waals surface area contributed by atoms with Gasteiger partial charge in [-0.2, -0.15) is 4.98 Å². The van der Waals surface area contributed by atoms with Crippen LogP contribution in [0.1, 0.15) is 24.5 Å². The predicted octanol–water partition coefficient (Wildman–Crippen LogP) is 2.86. The lowest BCUT2D eigenvalue weighted by Gasteiger charge is -2.17. The molecule has 2 aromatic rings. The lowest BCUT2D eigenvalue weighted by atomic mass is 10.1. The maximum absolute atomic E-state index is 11.8. The fraction of sp³-hybridized carbons (Fsp3) is 0.333. The first kappa shape index (κ1) is 19.5. The lowest BCUT2D eigenvalue weighted by Crippen LogP contribution is -2.30. The van der Waals surface area contributed by atoms with Crippen LogP contribution < -0.4 is 10.6 Å². The van der Waals surface area contributed by atoms with Gasteiger partial charge in [0.15, 0.2) is 5.78 Å². The van der Waals surface area contributed by atoms with Gasteiger partial charge in [0.2, 0.25) is 11.9 Å². The largest absolute Gasteiger partial charge is 0.350 e. The zero-order valence-corrected chi connectivity index (χ0v) is 16.2. The van der Waals surface area contributed by atoms with Crippen molar-refractivity contribution in [3.8, 4) is 0 Å². The molecule has 0 bridgehead atoms. The average molecular weight is 379 g/mol. The summed E-state index contributed by atoms with van der Waals surface area (Å²) in [5, 5.41) is 6.63. The number of carbonyl (C=O) groups is 2. The van der Waals surface area contributed by atoms with Gasteiger partial charge in [0.25, 0.3) is 0 Å². The van der Waals surface area contributed by atoms with Crippen molar-refractivity contribution < 1.29 is 9.59 Å². The molecule has 7 nitrogen and oxygen atoms in total. The van der Waals surface area contributed by atoms with E-state index in [1.807, 2.05) is 36.1 Å². The van der Waals surface area contributed by atoms with Gasteiger partial charge in [-0.15, -0.1) is 0 Å². The second kappa shape index (κ2) is 8.65. The molecule has 146 valence electrons. The van der Waals surface area contributed by atoms with Crippen LogP contribution in [0.15, 0.2) is 43.1 Å². The van der Waals surface area contributed by atoms with Crippen molar-refractivity contribution in [2.24, 2.45) is 0 Å². The van der Waals surface area contributed by atoms with Gasteiger partial charge < -0.3 is 15.5 Å². The molecule has 2 heterocycles. The number of carbonyl (C=O) groups excluding carboxylic acids is 2. The third kappa shape index (κ3) is 4.73. The van der Waals surface area contributed by atoms with Crippen LogP contribution in [0.4, 0.5) is 17.5 Å². The van der Waals surface area contributed by atoms with E-state index in [4.69, 9.17) is 0 Å². The molecule has 1 saturated heterocycles. The Hall–Kier alpha value is -3.22. The molecular weight excluding hydrogens is 354 g/mol. The molecule has 0 aliphatic carbocycles. The number of nitrogens with zero attached hydrogens (tertiary/aromatic N) is 3. The standard InChI is InChI=1S/C21H25N5O2/c1-4-18(28)11-16-7-5-6-8-19(16)24-20-14(2)12-22-21(25-20)23-17-9-10-26(13-17)15(3)27/h4-8,12,17H,1,9-11,13H2,2-3H3,(H2,22,23,24,25)/t17-/m0/s1. The molecule has 1 atom stereocenters. The highest BCUT2D eigenvalue weighted by Crippen LogP contribution is 2.24. The van der Waals surface area contributed by atoms with Crippen molar-refractivity contribution in [1.29, 1.82) is 0 Å². The van der Waals surface area contributed by atoms with E-state index >= 15 is 0 Å². The maximum Gasteiger partial charge on any atom is 0.224 e. The molecule has 1 fully saturated rings. The molecule has 28 heavy (non-hydrogen) atoms. The number of aromatic nitrogens is 2. The molecule has 1 aliphatic rings. The minimum atomic E-state index is -0.0349. The van der Waals surface area contributed by atoms with Crippen molar-refractivity contribution in [2.75, 3.05) is 23.7 Å². The summed E-state index contributed by atoms with van der Waals surface area (Å²) in [6.07, 6.45) is 4.24. The molecule has 2 N–H and O–H groups in total. The normalized spacial score (nSPS) is 15.9. The SMILES string of the molecule is C=CC(=O)Cc1ccccc1Nc1nc(N[C@H]2CCN(C(C)=O)C2)ncc1C. The zero-order chi connectivity index (χ0) is 20.1. The van der Waals surface area contributed by atoms with Gasteiger partial charge in [0, 0.05) is 49.9 Å². The van der Waals surface area contributed by atoms with Crippen LogP contribution in [0.5, 0.6) is 0 Å². The quantitative estimate of drug-likeness (QED) is 0.720. The first-order valence-corrected chi connectivity index (χ1v) is 9.32. The van der Waals surface area contributed by atoms with Crippen molar-refractivity contribution in [3.63, 3.8) is 0 Å². The molecule has 0 radical (unpaired) electrons. The van der Waals surface area contributed by atoms with Crippen LogP contribution >= 0.6 is 0 Å². The number of nitrogens with one attached hydrogen (secondary N) is 2. The van der Waals surface area contributed by atoms with Gasteiger partial charge >= 0.3 is 0 Å². The fourth-order valence-electron chi connectivity index (χ4n) is 3.17. The molecule has 1 aromatic carbocycles. The molecule has 0 unspecified atom stereocenters. The van der Waals surface area contributed by atoms with Crippen molar-refractivity contribution >= 4 is 29.1 Å². The monoisotopic (exact) mass is 379 g/mol. The van der Waals surface area contributed by atoms with Gasteiger partial charge in [-0.3, -0.25) is 9.59 Å². The number of allylic oxidation sites excluding steroid dienone is 1. The molecule has 3 rings (SSSR count). The molecule has 1 aliphatic heterocycles. The van der Waals surface area contributed by atoms with E-state index in [1.165, 1.54) is 6.08 Å². The number of rotatable bonds is 7. The maximum atomic E-state index is 11.8. The number of hydrogen-bond acceptors (Lipinski definition) is 6. The summed E-state index contributed by atoms with van der Waals surface area (Å²) in [5.41, 5.74) is 2.61. The van der Waals surface area contributed by atoms with Crippen molar-refractivity contribution in [1.82, 2.24) is 14.9 Å². The summed E-state index contributed by atoms with van der Waals surface area (Å²) in [7, 11) is 0. The Morgan fingerprint density at radius 3 is 2.86 bits per heavy atom. The van der Waals surface area contributed by atoms with Crippen LogP contribution in [0, 0.1) is 6.92 Å². The molecule has 0 spiro atoms. The van der Waals surface area contributed by atoms with Crippen LogP contribution in [-0.4, -0.2) is 45.7 Å². The second-order valence-electron chi connectivity index (χ2n) is 6.95. The molecule has 1 aromatic heterocycles. The highest BCUT2D eigenvalue weighted by atomic mass is 16.2. The number of likely N-dealkylation sites (tertiary alicyclic amines) is 1. The Morgan fingerprint density at radius 2 is 2.14 bits per heavy atom. The Labute approximate surface area is 164 Å². The van der Waals surface area contributed by atoms with E-state index in [-0.39, 0.29) is 24.2 Å². The van der Waals surface area contributed by atoms with Gasteiger partial charge in [0.1, 0.15) is 5.82 Å². The number of para-hydroxylation sites is 1. The van der Waals surface area contributed by atoms with Crippen LogP contribution in [0.2, 0.25) is 0 Å². The number of ketones is 1. The number of anilines is 3. The van der Waals surface area contributed by atoms with E-state index < -0.39 is 0 Å². The Balaban J connectivity index is 1.75. The van der Waals surface area contributed by atoms with E-state index in [0.717, 1.165) is 29.8 Å². The summed E-state index contributed by atoms with van der Waals surface area (Å²) in [6, 6.07) is 7.78. The average Bonchev–Trinajstić information content (AvgIpc) is 3.14. The first-order valence-electron chi connectivity index (χ1n) is 9.32. The summed E-state index contributed by atoms with van der Waals surface area (Å²) >= 11 is 0. The minimum Gasteiger partial charge on any atom is -0.350 e. The third-order valence-electron chi connectivity index (χ3n) is 4.80. The van der Waals surface area contributed by atoms with Gasteiger partial charge in [-0.05, 0) is 31.1 Å². The smallest absolute Gasteiger partial charge is 0.224 e. The summed E-state index contributed by atoms with van der Waals surface area (Å²) < 4.78 is 0. The van der Waals surface area contributed by atoms with E-state index in [1.54, 1.807) is 13.1 Å². The Kier molecular flexibility index (Phi) is 6.03. The van der Waals surface area contributed by atoms with Crippen molar-refractivity contribution in [2.45, 2.75) is 32.7 Å². The minimum absolute atomic E-state index is 0.0349. The molecule has 0 saturated carbocycles. The van der Waals surface area contributed by atoms with Gasteiger partial charge in [-0.1, -0.05) is 24.8 Å². The van der Waals surface area contributed by atoms with Crippen LogP contribution in [0.25, 0.3) is 0 Å². The highest BCUT2D eigenvalue weighted by Gasteiger charge is 2.24. The predicted molar refractivity (Wildman–Crippen MR) is 110 cm³/mol. The second-order valence-corrected chi connectivity index (χ2v) is 6.95. The third-order valence-corrected chi connectivity index (χ3v) is 4.80. The number of benzene rings is 1. The van der Waals surface area contributed by atoms with Gasteiger partial charge in [0.05, 0.1) is 0 Å².